The van der Waals surface area contributed by atoms with Crippen LogP contribution in [0.5, 0.6) is 0 Å². The number of nitrogens with zero attached hydrogens (tertiary/aromatic N) is 6. The number of hydrogen-bond acceptors (Lipinski definition) is 13. The number of aryl methyl sites for hydroxylation is 1. The van der Waals surface area contributed by atoms with Crippen LogP contribution in [-0.4, -0.2) is 81.7 Å². The maximum Gasteiger partial charge on any atom is 0.386 e. The van der Waals surface area contributed by atoms with Crippen LogP contribution in [0.1, 0.15) is 5.82 Å². The molecule has 4 N–H and O–H groups in total. The molecule has 220 valence electrons. The minimum atomic E-state index is -4.80. The van der Waals surface area contributed by atoms with Crippen molar-refractivity contribution in [1.29, 1.82) is 0 Å². The molecule has 2 aliphatic rings. The summed E-state index contributed by atoms with van der Waals surface area (Å²) in [5.74, 6) is -3.50. The van der Waals surface area contributed by atoms with Crippen LogP contribution < -0.4 is 14.6 Å². The Hall–Kier alpha value is -3.26. The van der Waals surface area contributed by atoms with Crippen molar-refractivity contribution in [2.45, 2.75) is 15.8 Å². The lowest BCUT2D eigenvalue weighted by atomic mass is 10.0. The normalized spacial score (nSPS) is 18.9. The average molecular weight is 675 g/mol. The number of carbonyl (C=O) groups is 3. The second kappa shape index (κ2) is 12.2. The molecule has 0 radical (unpaired) electrons. The lowest BCUT2D eigenvalue weighted by Crippen LogP contribution is -2.71. The van der Waals surface area contributed by atoms with Crippen LogP contribution in [0, 0.1) is 0 Å². The first kappa shape index (κ1) is 30.2. The zero-order chi connectivity index (χ0) is 30.2. The van der Waals surface area contributed by atoms with Crippen molar-refractivity contribution < 1.29 is 47.6 Å². The number of β-lactam (4-membered cyclic amide) rings is 1. The first-order valence-electron chi connectivity index (χ1n) is 11.4. The lowest BCUT2D eigenvalue weighted by molar-refractivity contribution is -0.671. The number of pyridine rings is 1. The van der Waals surface area contributed by atoms with Gasteiger partial charge in [0.15, 0.2) is 16.7 Å². The van der Waals surface area contributed by atoms with Crippen molar-refractivity contribution in [1.82, 2.24) is 24.6 Å². The van der Waals surface area contributed by atoms with Crippen molar-refractivity contribution in [3.05, 3.63) is 46.3 Å². The quantitative estimate of drug-likeness (QED) is 0.0757. The van der Waals surface area contributed by atoms with Crippen LogP contribution in [0.2, 0.25) is 0 Å². The predicted molar refractivity (Wildman–Crippen MR) is 149 cm³/mol. The predicted octanol–water partition coefficient (Wildman–Crippen LogP) is 0.425. The van der Waals surface area contributed by atoms with Gasteiger partial charge in [-0.05, 0) is 11.5 Å². The van der Waals surface area contributed by atoms with Gasteiger partial charge < -0.3 is 25.0 Å². The summed E-state index contributed by atoms with van der Waals surface area (Å²) >= 11 is 3.99. The third-order valence-corrected chi connectivity index (χ3v) is 11.2. The molecule has 0 bridgehead atoms. The number of fused-ring (bicyclic) bond motifs is 1. The Morgan fingerprint density at radius 3 is 2.71 bits per heavy atom. The van der Waals surface area contributed by atoms with Crippen molar-refractivity contribution in [2.24, 2.45) is 12.2 Å². The Morgan fingerprint density at radius 2 is 2.07 bits per heavy atom. The smallest absolute Gasteiger partial charge is 0.386 e. The molecule has 5 rings (SSSR count). The van der Waals surface area contributed by atoms with E-state index in [1.54, 1.807) is 0 Å². The summed E-state index contributed by atoms with van der Waals surface area (Å²) in [5, 5.41) is 16.7. The molecular formula is C21H18FN7O8PS4+. The Balaban J connectivity index is 1.33. The number of carbonyl (C=O) groups excluding carboxylic acids is 2. The first-order chi connectivity index (χ1) is 20.0. The molecule has 3 aromatic heterocycles. The van der Waals surface area contributed by atoms with Gasteiger partial charge in [0, 0.05) is 33.7 Å². The largest absolute Gasteiger partial charge is 0.477 e. The summed E-state index contributed by atoms with van der Waals surface area (Å²) < 4.78 is 29.5. The molecule has 1 saturated heterocycles. The van der Waals surface area contributed by atoms with Gasteiger partial charge in [0.1, 0.15) is 24.2 Å². The van der Waals surface area contributed by atoms with Gasteiger partial charge in [0.05, 0.1) is 5.69 Å². The van der Waals surface area contributed by atoms with Gasteiger partial charge in [0.25, 0.3) is 18.7 Å². The monoisotopic (exact) mass is 674 g/mol. The van der Waals surface area contributed by atoms with E-state index in [0.717, 1.165) is 27.9 Å². The molecule has 1 fully saturated rings. The Morgan fingerprint density at radius 1 is 1.33 bits per heavy atom. The van der Waals surface area contributed by atoms with Crippen molar-refractivity contribution in [3.63, 3.8) is 0 Å². The average Bonchev–Trinajstić information content (AvgIpc) is 3.62. The molecule has 15 nitrogen and oxygen atoms in total. The van der Waals surface area contributed by atoms with Crippen LogP contribution in [-0.2, 0) is 30.8 Å². The highest BCUT2D eigenvalue weighted by Gasteiger charge is 2.54. The van der Waals surface area contributed by atoms with Gasteiger partial charge in [0.2, 0.25) is 16.3 Å². The molecule has 21 heteroatoms. The van der Waals surface area contributed by atoms with E-state index in [9.17, 15) is 38.2 Å². The van der Waals surface area contributed by atoms with E-state index in [2.05, 4.69) is 29.7 Å². The number of aliphatic carboxylic acids is 1. The third-order valence-electron chi connectivity index (χ3n) is 5.69. The molecular weight excluding hydrogens is 657 g/mol. The number of aromatic nitrogens is 4. The summed E-state index contributed by atoms with van der Waals surface area (Å²) in [4.78, 5) is 70.7. The molecule has 3 aromatic rings. The number of oxime groups is 1. The maximum atomic E-state index is 13.1. The highest BCUT2D eigenvalue weighted by molar-refractivity contribution is 8.07. The molecule has 2 aliphatic heterocycles. The molecule has 2 amide bonds. The fourth-order valence-electron chi connectivity index (χ4n) is 3.80. The summed E-state index contributed by atoms with van der Waals surface area (Å²) in [6.07, 6.45) is 3.76. The standard InChI is InChI=1S/C21H17FN7O8PS4/c1-28-4-2-9(3-5-28)10-6-40-21(23-10)41-11-7-39-18-13(17(31)29(18)14(11)19(32)33)24-16(30)12(26-37-8-22)15-25-20(42-27-15)38(34,35)36/h2-6,13,18H,7-8H2,1H3,(H3-,24,30,32,33,34,35,36)/p+1/b26-12-/t13-,18?/m0/s1. The first-order valence-corrected chi connectivity index (χ1v) is 16.6. The highest BCUT2D eigenvalue weighted by Crippen LogP contribution is 2.46. The number of carboxylic acids is 1. The zero-order valence-corrected chi connectivity index (χ0v) is 25.1. The van der Waals surface area contributed by atoms with E-state index in [1.165, 1.54) is 23.1 Å². The fourth-order valence-corrected chi connectivity index (χ4v) is 8.45. The molecule has 0 spiro atoms. The van der Waals surface area contributed by atoms with E-state index in [1.807, 2.05) is 41.5 Å². The SMILES string of the molecule is C[n+]1ccc(-c2csc(SC3=C(C(=O)O)N4C(=O)[C@H](NC(=O)/C(=N\OCF)c5nsc(P(=O)(O)O)n5)C4SC3)n2)cc1. The van der Waals surface area contributed by atoms with Crippen LogP contribution in [0.25, 0.3) is 11.3 Å². The second-order valence-corrected chi connectivity index (χ2v) is 14.3. The van der Waals surface area contributed by atoms with E-state index >= 15 is 0 Å². The topological polar surface area (TPSA) is 208 Å². The number of carboxylic acid groups (broad SMARTS) is 1. The van der Waals surface area contributed by atoms with Crippen LogP contribution in [0.15, 0.2) is 50.0 Å². The number of amides is 2. The maximum absolute atomic E-state index is 13.1. The number of rotatable bonds is 10. The minimum absolute atomic E-state index is 0.203. The molecule has 2 atom stereocenters. The van der Waals surface area contributed by atoms with Crippen LogP contribution in [0.3, 0.4) is 0 Å². The number of hydrogen-bond donors (Lipinski definition) is 4. The second-order valence-electron chi connectivity index (χ2n) is 8.41. The fraction of sp³-hybridized carbons (Fsp3) is 0.238. The highest BCUT2D eigenvalue weighted by atomic mass is 32.2. The Labute approximate surface area is 251 Å². The van der Waals surface area contributed by atoms with E-state index < -0.39 is 59.9 Å². The Bertz CT molecular complexity index is 1670. The number of thiazole rings is 1. The van der Waals surface area contributed by atoms with Gasteiger partial charge in [-0.1, -0.05) is 16.9 Å². The minimum Gasteiger partial charge on any atom is -0.477 e. The van der Waals surface area contributed by atoms with Gasteiger partial charge in [-0.15, -0.1) is 23.1 Å². The molecule has 0 aliphatic carbocycles. The summed E-state index contributed by atoms with van der Waals surface area (Å²) in [6, 6.07) is 2.62. The lowest BCUT2D eigenvalue weighted by Gasteiger charge is -2.49. The van der Waals surface area contributed by atoms with Gasteiger partial charge in [-0.25, -0.2) is 23.7 Å². The number of thioether (sulfide) groups is 2. The van der Waals surface area contributed by atoms with Gasteiger partial charge in [-0.2, -0.15) is 4.37 Å². The van der Waals surface area contributed by atoms with Crippen LogP contribution >= 0.6 is 54.0 Å². The number of alkyl halides is 1. The summed E-state index contributed by atoms with van der Waals surface area (Å²) in [6.45, 7) is -1.43. The van der Waals surface area contributed by atoms with E-state index in [4.69, 9.17) is 0 Å². The van der Waals surface area contributed by atoms with Crippen molar-refractivity contribution >= 4 is 82.2 Å². The van der Waals surface area contributed by atoms with Gasteiger partial charge >= 0.3 is 13.6 Å². The molecule has 5 heterocycles. The zero-order valence-electron chi connectivity index (χ0n) is 21.0. The summed E-state index contributed by atoms with van der Waals surface area (Å²) in [5.41, 5.74) is 0.655. The molecule has 1 unspecified atom stereocenters. The molecule has 42 heavy (non-hydrogen) atoms. The third kappa shape index (κ3) is 6.10. The van der Waals surface area contributed by atoms with Crippen molar-refractivity contribution in [3.8, 4) is 11.3 Å². The molecule has 0 aromatic carbocycles. The van der Waals surface area contributed by atoms with Crippen molar-refractivity contribution in [2.75, 3.05) is 12.6 Å². The number of halogens is 1. The molecule has 0 saturated carbocycles. The van der Waals surface area contributed by atoms with E-state index in [-0.39, 0.29) is 11.4 Å². The van der Waals surface area contributed by atoms with E-state index in [0.29, 0.717) is 20.8 Å². The number of nitrogens with one attached hydrogen (secondary N) is 1. The van der Waals surface area contributed by atoms with Crippen LogP contribution in [0.4, 0.5) is 4.39 Å². The van der Waals surface area contributed by atoms with Gasteiger partial charge in [-0.3, -0.25) is 19.1 Å². The summed E-state index contributed by atoms with van der Waals surface area (Å²) in [7, 11) is -2.90. The Kier molecular flexibility index (Phi) is 8.74.